The van der Waals surface area contributed by atoms with Crippen LogP contribution in [0.25, 0.3) is 76.9 Å². The molecule has 9 rings (SSSR count). The third-order valence-electron chi connectivity index (χ3n) is 8.59. The Morgan fingerprint density at radius 2 is 1.05 bits per heavy atom. The summed E-state index contributed by atoms with van der Waals surface area (Å²) in [4.78, 5) is 0. The number of para-hydroxylation sites is 3. The van der Waals surface area contributed by atoms with E-state index < -0.39 is 0 Å². The van der Waals surface area contributed by atoms with E-state index >= 15 is 0 Å². The molecule has 3 heterocycles. The lowest BCUT2D eigenvalue weighted by atomic mass is 10.1. The second-order valence-corrected chi connectivity index (χ2v) is 10.8. The molecule has 0 fully saturated rings. The fourth-order valence-electron chi connectivity index (χ4n) is 6.78. The predicted molar refractivity (Wildman–Crippen MR) is 172 cm³/mol. The molecule has 0 unspecified atom stereocenters. The van der Waals surface area contributed by atoms with E-state index in [1.54, 1.807) is 6.07 Å². The molecule has 0 aliphatic heterocycles. The van der Waals surface area contributed by atoms with Gasteiger partial charge in [0, 0.05) is 43.7 Å². The number of nitrogens with zero attached hydrogens (tertiary/aromatic N) is 4. The zero-order chi connectivity index (χ0) is 28.7. The molecule has 0 spiro atoms. The van der Waals surface area contributed by atoms with Crippen LogP contribution in [-0.4, -0.2) is 9.13 Å². The number of fused-ring (bicyclic) bond motifs is 9. The van der Waals surface area contributed by atoms with Crippen molar-refractivity contribution in [2.75, 3.05) is 0 Å². The van der Waals surface area contributed by atoms with Crippen molar-refractivity contribution in [2.24, 2.45) is 0 Å². The Morgan fingerprint density at radius 3 is 1.86 bits per heavy atom. The van der Waals surface area contributed by atoms with Gasteiger partial charge in [0.15, 0.2) is 5.58 Å². The Morgan fingerprint density at radius 1 is 0.465 bits per heavy atom. The highest BCUT2D eigenvalue weighted by molar-refractivity contribution is 6.14. The molecule has 9 aromatic rings. The van der Waals surface area contributed by atoms with Gasteiger partial charge in [-0.2, -0.15) is 10.5 Å². The van der Waals surface area contributed by atoms with Crippen LogP contribution in [0.3, 0.4) is 0 Å². The van der Waals surface area contributed by atoms with Gasteiger partial charge in [-0.15, -0.1) is 0 Å². The molecule has 0 amide bonds. The fraction of sp³-hybridized carbons (Fsp3) is 0. The van der Waals surface area contributed by atoms with Crippen LogP contribution in [0.4, 0.5) is 0 Å². The Hall–Kier alpha value is -6.30. The average molecular weight is 549 g/mol. The Labute approximate surface area is 245 Å². The highest BCUT2D eigenvalue weighted by Crippen LogP contribution is 2.39. The van der Waals surface area contributed by atoms with Gasteiger partial charge in [-0.05, 0) is 66.7 Å². The number of furan rings is 1. The molecule has 0 aliphatic rings. The third kappa shape index (κ3) is 3.14. The van der Waals surface area contributed by atoms with Gasteiger partial charge >= 0.3 is 0 Å². The molecule has 43 heavy (non-hydrogen) atoms. The van der Waals surface area contributed by atoms with Crippen molar-refractivity contribution in [3.05, 3.63) is 132 Å². The number of hydrogen-bond donors (Lipinski definition) is 0. The van der Waals surface area contributed by atoms with Crippen molar-refractivity contribution < 1.29 is 4.42 Å². The summed E-state index contributed by atoms with van der Waals surface area (Å²) in [6.45, 7) is 0. The molecule has 0 saturated heterocycles. The van der Waals surface area contributed by atoms with Crippen molar-refractivity contribution in [3.63, 3.8) is 0 Å². The smallest absolute Gasteiger partial charge is 0.153 e. The molecule has 5 nitrogen and oxygen atoms in total. The normalized spacial score (nSPS) is 11.7. The minimum absolute atomic E-state index is 0.534. The number of nitriles is 2. The largest absolute Gasteiger partial charge is 0.455 e. The first-order valence-electron chi connectivity index (χ1n) is 14.1. The van der Waals surface area contributed by atoms with Crippen molar-refractivity contribution in [2.45, 2.75) is 0 Å². The topological polar surface area (TPSA) is 70.6 Å². The van der Waals surface area contributed by atoms with Gasteiger partial charge in [0.05, 0.1) is 39.3 Å². The summed E-state index contributed by atoms with van der Waals surface area (Å²) in [5.74, 6) is 0. The van der Waals surface area contributed by atoms with Gasteiger partial charge in [-0.25, -0.2) is 0 Å². The van der Waals surface area contributed by atoms with E-state index in [2.05, 4.69) is 94.1 Å². The molecule has 3 aromatic heterocycles. The summed E-state index contributed by atoms with van der Waals surface area (Å²) in [6.07, 6.45) is 0. The monoisotopic (exact) mass is 548 g/mol. The van der Waals surface area contributed by atoms with E-state index in [0.29, 0.717) is 16.7 Å². The zero-order valence-corrected chi connectivity index (χ0v) is 22.7. The van der Waals surface area contributed by atoms with E-state index in [0.717, 1.165) is 71.3 Å². The average Bonchev–Trinajstić information content (AvgIpc) is 3.71. The summed E-state index contributed by atoms with van der Waals surface area (Å²) in [7, 11) is 0. The van der Waals surface area contributed by atoms with Gasteiger partial charge < -0.3 is 13.6 Å². The maximum absolute atomic E-state index is 9.90. The number of benzene rings is 6. The van der Waals surface area contributed by atoms with E-state index in [-0.39, 0.29) is 0 Å². The molecular weight excluding hydrogens is 528 g/mol. The van der Waals surface area contributed by atoms with Gasteiger partial charge in [0.25, 0.3) is 0 Å². The molecule has 0 N–H and O–H groups in total. The first-order chi connectivity index (χ1) is 21.2. The first-order valence-corrected chi connectivity index (χ1v) is 14.1. The van der Waals surface area contributed by atoms with Crippen LogP contribution in [0.1, 0.15) is 11.1 Å². The van der Waals surface area contributed by atoms with Crippen LogP contribution in [0, 0.1) is 22.7 Å². The van der Waals surface area contributed by atoms with E-state index in [1.165, 1.54) is 0 Å². The van der Waals surface area contributed by atoms with Gasteiger partial charge in [-0.3, -0.25) is 0 Å². The highest BCUT2D eigenvalue weighted by atomic mass is 16.3. The maximum atomic E-state index is 9.90. The van der Waals surface area contributed by atoms with Gasteiger partial charge in [0.2, 0.25) is 0 Å². The quantitative estimate of drug-likeness (QED) is 0.216. The number of rotatable bonds is 2. The number of aromatic nitrogens is 2. The minimum atomic E-state index is 0.534. The van der Waals surface area contributed by atoms with Gasteiger partial charge in [-0.1, -0.05) is 54.6 Å². The predicted octanol–water partition coefficient (Wildman–Crippen LogP) is 9.52. The second-order valence-electron chi connectivity index (χ2n) is 10.8. The standard InChI is InChI=1S/C38H20N4O/c39-21-23-7-6-14-35-37(23)29-10-2-4-13-33(29)42(35)25-15-17-34-30(19-25)27-9-1-3-12-32(27)41(34)26-16-18-36-31(20-26)28-11-5-8-24(22-40)38(28)43-36/h1-20H. The highest BCUT2D eigenvalue weighted by Gasteiger charge is 2.18. The molecule has 5 heteroatoms. The summed E-state index contributed by atoms with van der Waals surface area (Å²) >= 11 is 0. The fourth-order valence-corrected chi connectivity index (χ4v) is 6.78. The maximum Gasteiger partial charge on any atom is 0.153 e. The number of hydrogen-bond acceptors (Lipinski definition) is 3. The molecule has 0 bridgehead atoms. The molecule has 0 radical (unpaired) electrons. The van der Waals surface area contributed by atoms with Crippen molar-refractivity contribution in [1.29, 1.82) is 10.5 Å². The van der Waals surface area contributed by atoms with Gasteiger partial charge in [0.1, 0.15) is 11.7 Å². The lowest BCUT2D eigenvalue weighted by Gasteiger charge is -2.10. The molecule has 0 atom stereocenters. The summed E-state index contributed by atoms with van der Waals surface area (Å²) < 4.78 is 10.7. The molecule has 198 valence electrons. The molecule has 6 aromatic carbocycles. The first kappa shape index (κ1) is 23.4. The van der Waals surface area contributed by atoms with Crippen LogP contribution in [0.2, 0.25) is 0 Å². The third-order valence-corrected chi connectivity index (χ3v) is 8.59. The van der Waals surface area contributed by atoms with Crippen molar-refractivity contribution >= 4 is 65.6 Å². The molecular formula is C38H20N4O. The van der Waals surface area contributed by atoms with Crippen LogP contribution in [0.15, 0.2) is 126 Å². The summed E-state index contributed by atoms with van der Waals surface area (Å²) in [5, 5.41) is 25.8. The minimum Gasteiger partial charge on any atom is -0.455 e. The summed E-state index contributed by atoms with van der Waals surface area (Å²) in [6, 6.07) is 45.8. The Kier molecular flexibility index (Phi) is 4.68. The van der Waals surface area contributed by atoms with Crippen LogP contribution in [-0.2, 0) is 0 Å². The van der Waals surface area contributed by atoms with E-state index in [9.17, 15) is 10.5 Å². The van der Waals surface area contributed by atoms with Crippen LogP contribution in [0.5, 0.6) is 0 Å². The van der Waals surface area contributed by atoms with Crippen LogP contribution >= 0.6 is 0 Å². The Bertz CT molecular complexity index is 2710. The van der Waals surface area contributed by atoms with Crippen LogP contribution < -0.4 is 0 Å². The van der Waals surface area contributed by atoms with Crippen molar-refractivity contribution in [3.8, 4) is 23.5 Å². The van der Waals surface area contributed by atoms with E-state index in [1.807, 2.05) is 42.5 Å². The Balaban J connectivity index is 1.33. The molecule has 0 aliphatic carbocycles. The second kappa shape index (κ2) is 8.60. The van der Waals surface area contributed by atoms with Crippen molar-refractivity contribution in [1.82, 2.24) is 9.13 Å². The van der Waals surface area contributed by atoms with E-state index in [4.69, 9.17) is 4.42 Å². The SMILES string of the molecule is N#Cc1cccc2c1oc1ccc(-n3c4ccccc4c4cc(-n5c6ccccc6c6c(C#N)cccc65)ccc43)cc12. The zero-order valence-electron chi connectivity index (χ0n) is 22.7. The lowest BCUT2D eigenvalue weighted by Crippen LogP contribution is -1.96. The molecule has 0 saturated carbocycles. The lowest BCUT2D eigenvalue weighted by molar-refractivity contribution is 0.667. The summed E-state index contributed by atoms with van der Waals surface area (Å²) in [5.41, 5.74) is 8.92.